The van der Waals surface area contributed by atoms with Gasteiger partial charge in [0.05, 0.1) is 17.5 Å². The van der Waals surface area contributed by atoms with Crippen molar-refractivity contribution in [1.29, 1.82) is 5.41 Å². The predicted octanol–water partition coefficient (Wildman–Crippen LogP) is 4.50. The summed E-state index contributed by atoms with van der Waals surface area (Å²) >= 11 is 0. The Labute approximate surface area is 297 Å². The van der Waals surface area contributed by atoms with Crippen molar-refractivity contribution in [1.82, 2.24) is 20.2 Å². The number of aliphatic carboxylic acids is 1. The Kier molecular flexibility index (Phi) is 13.3. The van der Waals surface area contributed by atoms with Gasteiger partial charge >= 0.3 is 18.3 Å². The van der Waals surface area contributed by atoms with Gasteiger partial charge in [0.2, 0.25) is 5.91 Å². The highest BCUT2D eigenvalue weighted by Gasteiger charge is 2.38. The van der Waals surface area contributed by atoms with Crippen LogP contribution in [0.2, 0.25) is 0 Å². The van der Waals surface area contributed by atoms with E-state index in [9.17, 15) is 40.7 Å². The zero-order valence-corrected chi connectivity index (χ0v) is 28.0. The maximum atomic E-state index is 13.5. The van der Waals surface area contributed by atoms with Gasteiger partial charge < -0.3 is 32.5 Å². The number of aromatic nitrogens is 2. The first kappa shape index (κ1) is 41.0. The summed E-state index contributed by atoms with van der Waals surface area (Å²) in [5.41, 5.74) is 12.5. The summed E-state index contributed by atoms with van der Waals surface area (Å²) in [4.78, 5) is 52.8. The Morgan fingerprint density at radius 3 is 2.09 bits per heavy atom. The Hall–Kier alpha value is -6.40. The van der Waals surface area contributed by atoms with Crippen LogP contribution in [-0.4, -0.2) is 50.5 Å². The average molecular weight is 749 g/mol. The fourth-order valence-electron chi connectivity index (χ4n) is 4.52. The molecule has 0 fully saturated rings. The third-order valence-corrected chi connectivity index (χ3v) is 7.00. The van der Waals surface area contributed by atoms with Crippen LogP contribution >= 0.6 is 0 Å². The summed E-state index contributed by atoms with van der Waals surface area (Å²) < 4.78 is 72.2. The van der Waals surface area contributed by atoms with Gasteiger partial charge in [0.1, 0.15) is 12.4 Å². The molecule has 1 aromatic heterocycles. The highest BCUT2D eigenvalue weighted by molar-refractivity contribution is 5.96. The molecule has 0 saturated heterocycles. The number of anilines is 2. The molecule has 0 aliphatic rings. The minimum Gasteiger partial charge on any atom is -0.475 e. The molecule has 13 nitrogen and oxygen atoms in total. The number of amidine groups is 1. The standard InChI is InChI=1S/C32H33F3N8O3.C2HF3O2/c1-18(2)42-29-31(46)43(17-27(44)39-14-19-6-8-21(9-7-19)28(37)38)26(16-40-29)22-11-23(13-25(36)12-22)30(45)41-15-20-4-3-5-24(10-20)32(33,34)35;3-2(4,5)1(6)7/h3-13,16,18H,14-15,17,36H2,1-2H3,(H3,37,38)(H,39,44)(H,40,42)(H,41,45);(H,6,7). The number of hydrogen-bond donors (Lipinski definition) is 7. The van der Waals surface area contributed by atoms with Gasteiger partial charge in [-0.15, -0.1) is 0 Å². The van der Waals surface area contributed by atoms with E-state index in [0.29, 0.717) is 11.1 Å². The van der Waals surface area contributed by atoms with Crippen molar-refractivity contribution < 1.29 is 45.8 Å². The molecule has 0 aliphatic carbocycles. The van der Waals surface area contributed by atoms with Gasteiger partial charge in [0.25, 0.3) is 11.5 Å². The van der Waals surface area contributed by atoms with E-state index in [1.54, 1.807) is 24.3 Å². The first-order chi connectivity index (χ1) is 24.6. The minimum atomic E-state index is -5.08. The number of nitrogens with zero attached hydrogens (tertiary/aromatic N) is 2. The Morgan fingerprint density at radius 2 is 1.53 bits per heavy atom. The number of nitrogens with one attached hydrogen (secondary N) is 4. The van der Waals surface area contributed by atoms with E-state index in [1.807, 2.05) is 13.8 Å². The average Bonchev–Trinajstić information content (AvgIpc) is 3.07. The molecule has 0 spiro atoms. The maximum absolute atomic E-state index is 13.5. The molecule has 9 N–H and O–H groups in total. The van der Waals surface area contributed by atoms with Crippen LogP contribution in [0.3, 0.4) is 0 Å². The first-order valence-corrected chi connectivity index (χ1v) is 15.4. The summed E-state index contributed by atoms with van der Waals surface area (Å²) in [6.45, 7) is 3.24. The lowest BCUT2D eigenvalue weighted by Crippen LogP contribution is -2.35. The molecule has 0 radical (unpaired) electrons. The molecule has 3 aromatic carbocycles. The number of carbonyl (C=O) groups is 3. The second kappa shape index (κ2) is 17.2. The molecule has 53 heavy (non-hydrogen) atoms. The van der Waals surface area contributed by atoms with Crippen LogP contribution in [0.1, 0.15) is 46.5 Å². The molecule has 4 aromatic rings. The summed E-state index contributed by atoms with van der Waals surface area (Å²) in [6, 6.07) is 15.6. The molecule has 0 bridgehead atoms. The van der Waals surface area contributed by atoms with E-state index in [-0.39, 0.29) is 59.8 Å². The fraction of sp³-hybridized carbons (Fsp3) is 0.235. The van der Waals surface area contributed by atoms with E-state index >= 15 is 0 Å². The van der Waals surface area contributed by atoms with Crippen LogP contribution in [-0.2, 0) is 35.4 Å². The highest BCUT2D eigenvalue weighted by atomic mass is 19.4. The Bertz CT molecular complexity index is 2030. The van der Waals surface area contributed by atoms with Crippen LogP contribution in [0.15, 0.2) is 77.7 Å². The van der Waals surface area contributed by atoms with Crippen molar-refractivity contribution >= 4 is 35.1 Å². The number of nitrogen functional groups attached to an aromatic ring is 2. The molecule has 0 saturated carbocycles. The molecule has 0 atom stereocenters. The molecule has 0 unspecified atom stereocenters. The third-order valence-electron chi connectivity index (χ3n) is 7.00. The molecular formula is C34H34F6N8O5. The van der Waals surface area contributed by atoms with Crippen LogP contribution in [0.5, 0.6) is 0 Å². The van der Waals surface area contributed by atoms with Crippen molar-refractivity contribution in [3.63, 3.8) is 0 Å². The molecule has 0 aliphatic heterocycles. The third kappa shape index (κ3) is 12.1. The predicted molar refractivity (Wildman–Crippen MR) is 183 cm³/mol. The lowest BCUT2D eigenvalue weighted by molar-refractivity contribution is -0.192. The first-order valence-electron chi connectivity index (χ1n) is 15.4. The molecule has 282 valence electrons. The van der Waals surface area contributed by atoms with Crippen molar-refractivity contribution in [3.8, 4) is 11.3 Å². The lowest BCUT2D eigenvalue weighted by atomic mass is 10.1. The number of hydrogen-bond acceptors (Lipinski definition) is 8. The van der Waals surface area contributed by atoms with E-state index in [2.05, 4.69) is 20.9 Å². The van der Waals surface area contributed by atoms with Crippen molar-refractivity contribution in [2.75, 3.05) is 11.1 Å². The largest absolute Gasteiger partial charge is 0.490 e. The normalized spacial score (nSPS) is 11.3. The molecule has 2 amide bonds. The number of carboxylic acids is 1. The van der Waals surface area contributed by atoms with Crippen LogP contribution in [0.25, 0.3) is 11.3 Å². The second-order valence-electron chi connectivity index (χ2n) is 11.6. The number of benzene rings is 3. The zero-order valence-electron chi connectivity index (χ0n) is 28.0. The molecule has 4 rings (SSSR count). The van der Waals surface area contributed by atoms with E-state index < -0.39 is 41.3 Å². The molecule has 1 heterocycles. The number of alkyl halides is 6. The lowest BCUT2D eigenvalue weighted by Gasteiger charge is -2.17. The van der Waals surface area contributed by atoms with E-state index in [0.717, 1.165) is 17.7 Å². The van der Waals surface area contributed by atoms with Gasteiger partial charge in [-0.05, 0) is 55.3 Å². The highest BCUT2D eigenvalue weighted by Crippen LogP contribution is 2.29. The SMILES string of the molecule is CC(C)Nc1ncc(-c2cc(N)cc(C(=O)NCc3cccc(C(F)(F)F)c3)c2)n(CC(=O)NCc2ccc(C(=N)N)cc2)c1=O.O=C(O)C(F)(F)F. The molecular weight excluding hydrogens is 714 g/mol. The van der Waals surface area contributed by atoms with E-state index in [4.69, 9.17) is 26.8 Å². The van der Waals surface area contributed by atoms with Crippen LogP contribution in [0.4, 0.5) is 37.8 Å². The minimum absolute atomic E-state index is 0.0225. The number of rotatable bonds is 11. The van der Waals surface area contributed by atoms with Crippen LogP contribution in [0, 0.1) is 5.41 Å². The van der Waals surface area contributed by atoms with Gasteiger partial charge in [-0.3, -0.25) is 24.4 Å². The van der Waals surface area contributed by atoms with Crippen molar-refractivity contribution in [3.05, 3.63) is 111 Å². The van der Waals surface area contributed by atoms with Gasteiger partial charge in [-0.25, -0.2) is 9.78 Å². The zero-order chi connectivity index (χ0) is 39.7. The van der Waals surface area contributed by atoms with Crippen molar-refractivity contribution in [2.24, 2.45) is 5.73 Å². The van der Waals surface area contributed by atoms with Crippen LogP contribution < -0.4 is 33.0 Å². The number of nitrogens with two attached hydrogens (primary N) is 2. The maximum Gasteiger partial charge on any atom is 0.490 e. The topological polar surface area (TPSA) is 218 Å². The fourth-order valence-corrected chi connectivity index (χ4v) is 4.52. The summed E-state index contributed by atoms with van der Waals surface area (Å²) in [5.74, 6) is -3.91. The van der Waals surface area contributed by atoms with Gasteiger partial charge in [0.15, 0.2) is 5.82 Å². The van der Waals surface area contributed by atoms with E-state index in [1.165, 1.54) is 41.1 Å². The van der Waals surface area contributed by atoms with Crippen molar-refractivity contribution in [2.45, 2.75) is 51.9 Å². The number of amides is 2. The number of carboxylic acid groups (broad SMARTS) is 1. The molecule has 19 heteroatoms. The van der Waals surface area contributed by atoms with Gasteiger partial charge in [-0.2, -0.15) is 26.3 Å². The number of halogens is 6. The summed E-state index contributed by atoms with van der Waals surface area (Å²) in [7, 11) is 0. The van der Waals surface area contributed by atoms with Gasteiger partial charge in [-0.1, -0.05) is 36.4 Å². The summed E-state index contributed by atoms with van der Waals surface area (Å²) in [5, 5.41) is 22.9. The Balaban J connectivity index is 0.000000980. The van der Waals surface area contributed by atoms with Gasteiger partial charge in [0, 0.05) is 41.5 Å². The summed E-state index contributed by atoms with van der Waals surface area (Å²) in [6.07, 6.45) is -8.22. The smallest absolute Gasteiger partial charge is 0.475 e. The monoisotopic (exact) mass is 748 g/mol. The number of carbonyl (C=O) groups excluding carboxylic acids is 2. The quantitative estimate of drug-likeness (QED) is 0.0497. The second-order valence-corrected chi connectivity index (χ2v) is 11.6. The Morgan fingerprint density at radius 1 is 0.906 bits per heavy atom.